The fraction of sp³-hybridized carbons (Fsp3) is 0.588. The number of amides is 4. The molecule has 1 aromatic heterocycles. The molecule has 15 heteroatoms. The zero-order valence-electron chi connectivity index (χ0n) is 17.7. The lowest BCUT2D eigenvalue weighted by Crippen LogP contribution is -2.46. The molecule has 0 bridgehead atoms. The van der Waals surface area contributed by atoms with Crippen molar-refractivity contribution in [2.24, 2.45) is 33.7 Å². The molecule has 1 rings (SSSR count). The van der Waals surface area contributed by atoms with Gasteiger partial charge in [-0.3, -0.25) is 19.4 Å². The largest absolute Gasteiger partial charge is 0.370 e. The van der Waals surface area contributed by atoms with Crippen LogP contribution in [0.2, 0.25) is 0 Å². The highest BCUT2D eigenvalue weighted by molar-refractivity contribution is 5.87. The summed E-state index contributed by atoms with van der Waals surface area (Å²) >= 11 is 0. The minimum Gasteiger partial charge on any atom is -0.370 e. The van der Waals surface area contributed by atoms with E-state index < -0.39 is 36.0 Å². The van der Waals surface area contributed by atoms with Crippen LogP contribution in [-0.2, 0) is 14.4 Å². The first kappa shape index (κ1) is 26.3. The molecule has 0 aliphatic heterocycles. The molecule has 4 amide bonds. The highest BCUT2D eigenvalue weighted by Crippen LogP contribution is 2.19. The third kappa shape index (κ3) is 9.84. The molecule has 1 heterocycles. The molecule has 15 nitrogen and oxygen atoms in total. The van der Waals surface area contributed by atoms with Crippen LogP contribution in [-0.4, -0.2) is 52.3 Å². The molecule has 178 valence electrons. The normalized spacial score (nSPS) is 13.4. The molecular weight excluding hydrogens is 424 g/mol. The number of rotatable bonds is 14. The second-order valence-corrected chi connectivity index (χ2v) is 7.06. The van der Waals surface area contributed by atoms with E-state index in [1.54, 1.807) is 0 Å². The van der Waals surface area contributed by atoms with Crippen LogP contribution in [0.4, 0.5) is 4.79 Å². The Bertz CT molecular complexity index is 835. The van der Waals surface area contributed by atoms with Gasteiger partial charge in [0.05, 0.1) is 12.1 Å². The molecule has 0 aliphatic rings. The van der Waals surface area contributed by atoms with Crippen LogP contribution in [0.3, 0.4) is 0 Å². The predicted octanol–water partition coefficient (Wildman–Crippen LogP) is -2.44. The summed E-state index contributed by atoms with van der Waals surface area (Å²) in [5.74, 6) is -1.64. The van der Waals surface area contributed by atoms with Gasteiger partial charge in [0.1, 0.15) is 6.04 Å². The molecule has 0 radical (unpaired) electrons. The van der Waals surface area contributed by atoms with E-state index in [-0.39, 0.29) is 42.7 Å². The lowest BCUT2D eigenvalue weighted by atomic mass is 10.1. The summed E-state index contributed by atoms with van der Waals surface area (Å²) in [4.78, 5) is 54.5. The summed E-state index contributed by atoms with van der Waals surface area (Å²) in [5.41, 5.74) is 26.6. The number of hydrogen-bond acceptors (Lipinski definition) is 9. The standard InChI is InChI=1S/C17H30N10O5/c1-8(28)10(3-2-6-23-16(21)22)24-17(31)25-11(4-5-12(19)29)15-26-14(27-32-15)9(18)7-13(20)30/h9-11H,2-7,18H2,1H3,(H2,19,29)(H2,20,30)(H4,21,22,23)(H2,24,25,31)/t9-,10-,11-/m0/s1. The Kier molecular flexibility index (Phi) is 10.5. The van der Waals surface area contributed by atoms with Crippen molar-refractivity contribution >= 4 is 29.6 Å². The van der Waals surface area contributed by atoms with Gasteiger partial charge in [0, 0.05) is 19.4 Å². The van der Waals surface area contributed by atoms with E-state index in [4.69, 9.17) is 33.2 Å². The van der Waals surface area contributed by atoms with Crippen molar-refractivity contribution < 1.29 is 23.7 Å². The molecule has 0 unspecified atom stereocenters. The summed E-state index contributed by atoms with van der Waals surface area (Å²) in [6, 6.07) is -3.30. The van der Waals surface area contributed by atoms with Gasteiger partial charge in [-0.2, -0.15) is 4.98 Å². The second kappa shape index (κ2) is 12.8. The molecule has 3 atom stereocenters. The van der Waals surface area contributed by atoms with Crippen molar-refractivity contribution in [2.45, 2.75) is 57.2 Å². The van der Waals surface area contributed by atoms with Crippen molar-refractivity contribution in [2.75, 3.05) is 6.54 Å². The lowest BCUT2D eigenvalue weighted by molar-refractivity contribution is -0.119. The van der Waals surface area contributed by atoms with Gasteiger partial charge in [-0.05, 0) is 26.2 Å². The molecule has 0 fully saturated rings. The molecule has 0 spiro atoms. The average molecular weight is 454 g/mol. The summed E-state index contributed by atoms with van der Waals surface area (Å²) in [5, 5.41) is 8.80. The molecule has 0 aromatic carbocycles. The van der Waals surface area contributed by atoms with Crippen LogP contribution in [0.15, 0.2) is 9.52 Å². The van der Waals surface area contributed by atoms with E-state index in [9.17, 15) is 19.2 Å². The molecule has 0 saturated carbocycles. The van der Waals surface area contributed by atoms with E-state index >= 15 is 0 Å². The van der Waals surface area contributed by atoms with Crippen LogP contribution in [0.25, 0.3) is 0 Å². The number of aromatic nitrogens is 2. The number of nitrogens with two attached hydrogens (primary N) is 5. The first-order valence-electron chi connectivity index (χ1n) is 9.78. The number of ketones is 1. The quantitative estimate of drug-likeness (QED) is 0.0885. The Labute approximate surface area is 183 Å². The minimum atomic E-state index is -0.904. The predicted molar refractivity (Wildman–Crippen MR) is 112 cm³/mol. The number of carbonyl (C=O) groups excluding carboxylic acids is 4. The maximum absolute atomic E-state index is 12.5. The fourth-order valence-corrected chi connectivity index (χ4v) is 2.63. The number of nitrogens with zero attached hydrogens (tertiary/aromatic N) is 3. The van der Waals surface area contributed by atoms with Crippen molar-refractivity contribution in [3.05, 3.63) is 11.7 Å². The van der Waals surface area contributed by atoms with Crippen LogP contribution in [0.5, 0.6) is 0 Å². The SMILES string of the molecule is CC(=O)[C@H](CCCN=C(N)N)NC(=O)N[C@@H](CCC(N)=O)c1nc([C@@H](N)CC(N)=O)no1. The van der Waals surface area contributed by atoms with Gasteiger partial charge in [-0.25, -0.2) is 4.79 Å². The third-order valence-corrected chi connectivity index (χ3v) is 4.23. The van der Waals surface area contributed by atoms with Gasteiger partial charge >= 0.3 is 6.03 Å². The van der Waals surface area contributed by atoms with E-state index in [1.165, 1.54) is 6.92 Å². The van der Waals surface area contributed by atoms with Crippen molar-refractivity contribution in [3.8, 4) is 0 Å². The third-order valence-electron chi connectivity index (χ3n) is 4.23. The molecule has 32 heavy (non-hydrogen) atoms. The van der Waals surface area contributed by atoms with Crippen molar-refractivity contribution in [1.29, 1.82) is 0 Å². The Morgan fingerprint density at radius 2 is 1.75 bits per heavy atom. The van der Waals surface area contributed by atoms with Gasteiger partial charge in [0.15, 0.2) is 17.6 Å². The Balaban J connectivity index is 2.84. The Morgan fingerprint density at radius 1 is 1.06 bits per heavy atom. The second-order valence-electron chi connectivity index (χ2n) is 7.06. The number of carbonyl (C=O) groups is 4. The fourth-order valence-electron chi connectivity index (χ4n) is 2.63. The molecule has 12 N–H and O–H groups in total. The summed E-state index contributed by atoms with van der Waals surface area (Å²) in [6.07, 6.45) is 0.505. The van der Waals surface area contributed by atoms with Gasteiger partial charge in [0.2, 0.25) is 17.7 Å². The monoisotopic (exact) mass is 454 g/mol. The van der Waals surface area contributed by atoms with Gasteiger partial charge in [0.25, 0.3) is 0 Å². The van der Waals surface area contributed by atoms with Crippen LogP contribution in [0.1, 0.15) is 62.8 Å². The maximum atomic E-state index is 12.5. The molecule has 0 aliphatic carbocycles. The number of hydrogen-bond donors (Lipinski definition) is 7. The topological polar surface area (TPSA) is 274 Å². The Hall–Kier alpha value is -3.75. The van der Waals surface area contributed by atoms with Crippen molar-refractivity contribution in [3.63, 3.8) is 0 Å². The van der Waals surface area contributed by atoms with E-state index in [2.05, 4.69) is 25.8 Å². The highest BCUT2D eigenvalue weighted by Gasteiger charge is 2.26. The minimum absolute atomic E-state index is 0.00595. The van der Waals surface area contributed by atoms with Gasteiger partial charge in [-0.1, -0.05) is 5.16 Å². The number of guanidine groups is 1. The first-order chi connectivity index (χ1) is 15.0. The summed E-state index contributed by atoms with van der Waals surface area (Å²) in [6.45, 7) is 1.63. The number of Topliss-reactive ketones (excluding diaryl/α,β-unsaturated/α-hetero) is 1. The summed E-state index contributed by atoms with van der Waals surface area (Å²) in [7, 11) is 0. The lowest BCUT2D eigenvalue weighted by Gasteiger charge is -2.19. The van der Waals surface area contributed by atoms with Crippen LogP contribution < -0.4 is 39.3 Å². The molecule has 0 saturated heterocycles. The zero-order valence-corrected chi connectivity index (χ0v) is 17.7. The molecular formula is C17H30N10O5. The van der Waals surface area contributed by atoms with E-state index in [0.717, 1.165) is 0 Å². The van der Waals surface area contributed by atoms with Crippen molar-refractivity contribution in [1.82, 2.24) is 20.8 Å². The van der Waals surface area contributed by atoms with E-state index in [0.29, 0.717) is 19.4 Å². The van der Waals surface area contributed by atoms with E-state index in [1.807, 2.05) is 0 Å². The Morgan fingerprint density at radius 3 is 2.31 bits per heavy atom. The molecule has 1 aromatic rings. The van der Waals surface area contributed by atoms with Gasteiger partial charge in [-0.15, -0.1) is 0 Å². The first-order valence-corrected chi connectivity index (χ1v) is 9.78. The summed E-state index contributed by atoms with van der Waals surface area (Å²) < 4.78 is 5.12. The zero-order chi connectivity index (χ0) is 24.3. The van der Waals surface area contributed by atoms with Crippen LogP contribution >= 0.6 is 0 Å². The highest BCUT2D eigenvalue weighted by atomic mass is 16.5. The number of primary amides is 2. The maximum Gasteiger partial charge on any atom is 0.316 e. The smallest absolute Gasteiger partial charge is 0.316 e. The van der Waals surface area contributed by atoms with Gasteiger partial charge < -0.3 is 43.8 Å². The average Bonchev–Trinajstić information content (AvgIpc) is 3.16. The number of aliphatic imine (C=N–C) groups is 1. The number of nitrogens with one attached hydrogen (secondary N) is 2. The number of urea groups is 1. The van der Waals surface area contributed by atoms with Crippen LogP contribution in [0, 0.1) is 0 Å².